The zero-order valence-electron chi connectivity index (χ0n) is 25.3. The van der Waals surface area contributed by atoms with Gasteiger partial charge in [-0.2, -0.15) is 0 Å². The van der Waals surface area contributed by atoms with Gasteiger partial charge in [-0.15, -0.1) is 0 Å². The molecule has 0 aromatic heterocycles. The van der Waals surface area contributed by atoms with E-state index in [4.69, 9.17) is 4.99 Å². The molecule has 0 atom stereocenters. The standard InChI is InChI=1S/C40H37N3/c1-39(2,3)26-18-19-31-34(24-26)40(32-16-8-6-12-27(32)28-13-7-9-17-33(28)40)35-25-36(29-14-4-5-15-30(29)37(31)35)43-23-11-22-42-21-10-20-41-38(42)43/h4-9,12-19,24-25H,10-11,20-23H2,1-3H3. The summed E-state index contributed by atoms with van der Waals surface area (Å²) >= 11 is 0. The first-order chi connectivity index (χ1) is 21.0. The van der Waals surface area contributed by atoms with Crippen LogP contribution in [0.1, 0.15) is 61.4 Å². The van der Waals surface area contributed by atoms with Gasteiger partial charge in [0.05, 0.1) is 11.1 Å². The van der Waals surface area contributed by atoms with Crippen molar-refractivity contribution in [2.75, 3.05) is 31.1 Å². The molecule has 0 radical (unpaired) electrons. The summed E-state index contributed by atoms with van der Waals surface area (Å²) < 4.78 is 0. The number of hydrogen-bond donors (Lipinski definition) is 0. The van der Waals surface area contributed by atoms with E-state index in [1.54, 1.807) is 0 Å². The van der Waals surface area contributed by atoms with Gasteiger partial charge in [-0.05, 0) is 79.8 Å². The van der Waals surface area contributed by atoms with Crippen molar-refractivity contribution in [3.8, 4) is 22.3 Å². The molecule has 1 fully saturated rings. The van der Waals surface area contributed by atoms with Crippen LogP contribution >= 0.6 is 0 Å². The van der Waals surface area contributed by atoms with Crippen molar-refractivity contribution in [3.05, 3.63) is 125 Å². The Morgan fingerprint density at radius 3 is 2.05 bits per heavy atom. The zero-order chi connectivity index (χ0) is 28.9. The van der Waals surface area contributed by atoms with Gasteiger partial charge >= 0.3 is 0 Å². The second-order valence-corrected chi connectivity index (χ2v) is 13.7. The van der Waals surface area contributed by atoms with Crippen LogP contribution in [0.15, 0.2) is 102 Å². The number of aliphatic imine (C=N–C) groups is 1. The molecule has 5 aromatic rings. The molecule has 0 N–H and O–H groups in total. The van der Waals surface area contributed by atoms with Gasteiger partial charge in [0.15, 0.2) is 0 Å². The van der Waals surface area contributed by atoms with Crippen LogP contribution in [0.3, 0.4) is 0 Å². The van der Waals surface area contributed by atoms with Gasteiger partial charge in [0, 0.05) is 31.6 Å². The van der Waals surface area contributed by atoms with E-state index in [0.717, 1.165) is 45.0 Å². The van der Waals surface area contributed by atoms with E-state index >= 15 is 0 Å². The Labute approximate surface area is 254 Å². The quantitative estimate of drug-likeness (QED) is 0.200. The lowest BCUT2D eigenvalue weighted by Gasteiger charge is -2.42. The Bertz CT molecular complexity index is 1950. The average molecular weight is 560 g/mol. The van der Waals surface area contributed by atoms with E-state index in [0.29, 0.717) is 0 Å². The van der Waals surface area contributed by atoms with E-state index in [9.17, 15) is 0 Å². The highest BCUT2D eigenvalue weighted by Gasteiger charge is 2.52. The van der Waals surface area contributed by atoms with Gasteiger partial charge in [0.2, 0.25) is 5.96 Å². The monoisotopic (exact) mass is 559 g/mol. The van der Waals surface area contributed by atoms with Crippen molar-refractivity contribution < 1.29 is 0 Å². The van der Waals surface area contributed by atoms with Crippen LogP contribution in [0.2, 0.25) is 0 Å². The summed E-state index contributed by atoms with van der Waals surface area (Å²) in [5, 5.41) is 2.66. The van der Waals surface area contributed by atoms with Crippen molar-refractivity contribution in [3.63, 3.8) is 0 Å². The maximum Gasteiger partial charge on any atom is 0.201 e. The van der Waals surface area contributed by atoms with E-state index < -0.39 is 0 Å². The molecule has 5 aromatic carbocycles. The summed E-state index contributed by atoms with van der Waals surface area (Å²) in [4.78, 5) is 10.2. The minimum Gasteiger partial charge on any atom is -0.342 e. The summed E-state index contributed by atoms with van der Waals surface area (Å²) in [6.07, 6.45) is 2.29. The highest BCUT2D eigenvalue weighted by molar-refractivity contribution is 6.14. The third-order valence-electron chi connectivity index (χ3n) is 10.4. The number of rotatable bonds is 1. The summed E-state index contributed by atoms with van der Waals surface area (Å²) in [6, 6.07) is 37.3. The molecule has 3 nitrogen and oxygen atoms in total. The van der Waals surface area contributed by atoms with E-state index in [-0.39, 0.29) is 10.8 Å². The summed E-state index contributed by atoms with van der Waals surface area (Å²) in [6.45, 7) is 11.1. The maximum absolute atomic E-state index is 5.12. The number of fused-ring (bicyclic) bond motifs is 13. The van der Waals surface area contributed by atoms with Crippen molar-refractivity contribution in [1.29, 1.82) is 0 Å². The lowest BCUT2D eigenvalue weighted by atomic mass is 9.69. The SMILES string of the molecule is CC(C)(C)c1ccc2c(c1)C1(c3ccccc3-c3ccccc31)c1cc(N3CCCN4CCCN=C43)c3ccccc3c1-2. The molecule has 2 aliphatic carbocycles. The Hall–Kier alpha value is -4.37. The van der Waals surface area contributed by atoms with Gasteiger partial charge in [-0.1, -0.05) is 112 Å². The van der Waals surface area contributed by atoms with E-state index in [1.165, 1.54) is 66.5 Å². The lowest BCUT2D eigenvalue weighted by Crippen LogP contribution is -2.52. The first kappa shape index (κ1) is 25.2. The summed E-state index contributed by atoms with van der Waals surface area (Å²) in [5.74, 6) is 1.16. The van der Waals surface area contributed by atoms with Crippen molar-refractivity contribution >= 4 is 22.4 Å². The predicted molar refractivity (Wildman–Crippen MR) is 179 cm³/mol. The number of nitrogens with zero attached hydrogens (tertiary/aromatic N) is 3. The topological polar surface area (TPSA) is 18.8 Å². The molecule has 1 saturated heterocycles. The molecule has 0 amide bonds. The second kappa shape index (κ2) is 8.83. The molecule has 9 rings (SSSR count). The number of anilines is 1. The Morgan fingerprint density at radius 2 is 1.30 bits per heavy atom. The van der Waals surface area contributed by atoms with Crippen molar-refractivity contribution in [2.24, 2.45) is 4.99 Å². The van der Waals surface area contributed by atoms with Crippen LogP contribution in [0.4, 0.5) is 5.69 Å². The molecule has 3 heteroatoms. The predicted octanol–water partition coefficient (Wildman–Crippen LogP) is 8.75. The van der Waals surface area contributed by atoms with Crippen LogP contribution in [0, 0.1) is 0 Å². The zero-order valence-corrected chi connectivity index (χ0v) is 25.3. The minimum atomic E-state index is -0.373. The van der Waals surface area contributed by atoms with Gasteiger partial charge in [-0.3, -0.25) is 4.99 Å². The van der Waals surface area contributed by atoms with Crippen LogP contribution < -0.4 is 4.90 Å². The molecular formula is C40H37N3. The fourth-order valence-electron chi connectivity index (χ4n) is 8.52. The first-order valence-corrected chi connectivity index (χ1v) is 16.0. The van der Waals surface area contributed by atoms with Crippen LogP contribution in [0.25, 0.3) is 33.0 Å². The second-order valence-electron chi connectivity index (χ2n) is 13.7. The van der Waals surface area contributed by atoms with Crippen molar-refractivity contribution in [2.45, 2.75) is 44.4 Å². The normalized spacial score (nSPS) is 17.8. The molecule has 1 spiro atoms. The Morgan fingerprint density at radius 1 is 0.628 bits per heavy atom. The average Bonchev–Trinajstić information content (AvgIpc) is 3.51. The van der Waals surface area contributed by atoms with Crippen LogP contribution in [-0.4, -0.2) is 37.0 Å². The highest BCUT2D eigenvalue weighted by Crippen LogP contribution is 2.64. The minimum absolute atomic E-state index is 0.0479. The van der Waals surface area contributed by atoms with Crippen molar-refractivity contribution in [1.82, 2.24) is 4.90 Å². The first-order valence-electron chi connectivity index (χ1n) is 16.0. The molecule has 0 saturated carbocycles. The fraction of sp³-hybridized carbons (Fsp3) is 0.275. The number of benzene rings is 5. The molecule has 212 valence electrons. The molecule has 2 heterocycles. The molecular weight excluding hydrogens is 522 g/mol. The maximum atomic E-state index is 5.12. The van der Waals surface area contributed by atoms with Gasteiger partial charge in [0.25, 0.3) is 0 Å². The largest absolute Gasteiger partial charge is 0.342 e. The van der Waals surface area contributed by atoms with Crippen LogP contribution in [0.5, 0.6) is 0 Å². The molecule has 0 bridgehead atoms. The number of hydrogen-bond acceptors (Lipinski definition) is 3. The van der Waals surface area contributed by atoms with Crippen LogP contribution in [-0.2, 0) is 10.8 Å². The molecule has 0 unspecified atom stereocenters. The lowest BCUT2D eigenvalue weighted by molar-refractivity contribution is 0.360. The molecule has 4 aliphatic rings. The highest BCUT2D eigenvalue weighted by atomic mass is 15.4. The molecule has 2 aliphatic heterocycles. The van der Waals surface area contributed by atoms with Gasteiger partial charge in [0.1, 0.15) is 0 Å². The Balaban J connectivity index is 1.44. The summed E-state index contributed by atoms with van der Waals surface area (Å²) in [5.41, 5.74) is 13.5. The third-order valence-corrected chi connectivity index (χ3v) is 10.4. The van der Waals surface area contributed by atoms with Gasteiger partial charge in [-0.25, -0.2) is 0 Å². The van der Waals surface area contributed by atoms with Gasteiger partial charge < -0.3 is 9.80 Å². The van der Waals surface area contributed by atoms with E-state index in [2.05, 4.69) is 128 Å². The third kappa shape index (κ3) is 3.28. The smallest absolute Gasteiger partial charge is 0.201 e. The van der Waals surface area contributed by atoms with E-state index in [1.807, 2.05) is 0 Å². The number of guanidine groups is 1. The Kier molecular flexibility index (Phi) is 5.16. The molecule has 43 heavy (non-hydrogen) atoms. The fourth-order valence-corrected chi connectivity index (χ4v) is 8.52. The summed E-state index contributed by atoms with van der Waals surface area (Å²) in [7, 11) is 0.